The van der Waals surface area contributed by atoms with Crippen LogP contribution in [-0.2, 0) is 25.7 Å². The van der Waals surface area contributed by atoms with Crippen LogP contribution in [0.1, 0.15) is 90.9 Å². The van der Waals surface area contributed by atoms with E-state index in [9.17, 15) is 29.1 Å². The molecular weight excluding hydrogens is 1250 g/mol. The molecule has 0 saturated heterocycles. The van der Waals surface area contributed by atoms with Gasteiger partial charge in [-0.2, -0.15) is 0 Å². The Hall–Kier alpha value is -7.25. The maximum Gasteiger partial charge on any atom is 0.240 e. The summed E-state index contributed by atoms with van der Waals surface area (Å²) in [6, 6.07) is 52.4. The zero-order valence-corrected chi connectivity index (χ0v) is 54.6. The van der Waals surface area contributed by atoms with E-state index in [-0.39, 0.29) is 87.8 Å². The fourth-order valence-corrected chi connectivity index (χ4v) is 11.4. The number of hydrazine groups is 3. The van der Waals surface area contributed by atoms with Crippen LogP contribution in [0.2, 0.25) is 0 Å². The number of nitrogens with zero attached hydrogens (tertiary/aromatic N) is 5. The van der Waals surface area contributed by atoms with Gasteiger partial charge in [-0.05, 0) is 89.2 Å². The van der Waals surface area contributed by atoms with Gasteiger partial charge in [0, 0.05) is 102 Å². The van der Waals surface area contributed by atoms with Crippen LogP contribution in [0.25, 0.3) is 22.2 Å². The molecule has 2 atom stereocenters. The van der Waals surface area contributed by atoms with Crippen molar-refractivity contribution in [1.29, 1.82) is 0 Å². The van der Waals surface area contributed by atoms with Crippen LogP contribution >= 0.6 is 39.5 Å². The number of carbonyl (C=O) groups excluding carboxylic acids is 5. The molecule has 7 aromatic rings. The van der Waals surface area contributed by atoms with Crippen LogP contribution < -0.4 is 32.1 Å². The number of amides is 4. The lowest BCUT2D eigenvalue weighted by molar-refractivity contribution is -0.131. The highest BCUT2D eigenvalue weighted by Gasteiger charge is 2.37. The Bertz CT molecular complexity index is 3140. The lowest BCUT2D eigenvalue weighted by Crippen LogP contribution is -2.42. The normalized spacial score (nSPS) is 12.6. The second kappa shape index (κ2) is 45.9. The molecule has 3 heterocycles. The molecule has 2 aliphatic heterocycles. The zero-order valence-electron chi connectivity index (χ0n) is 51.4. The van der Waals surface area contributed by atoms with Gasteiger partial charge < -0.3 is 44.9 Å². The number of likely N-dealkylation sites (N-methyl/N-ethyl adjacent to an activating group) is 1. The summed E-state index contributed by atoms with van der Waals surface area (Å²) in [4.78, 5) is 64.7. The summed E-state index contributed by atoms with van der Waals surface area (Å²) in [5.41, 5.74) is 15.6. The van der Waals surface area contributed by atoms with Crippen LogP contribution in [0.4, 0.5) is 17.1 Å². The summed E-state index contributed by atoms with van der Waals surface area (Å²) in [5, 5.41) is 46.9. The standard InChI is InChI=1S/C22H24N2O2S.C14H17NO2S.C10H14N2O2.C8H10N2O.C8H12N2O.C2H5BrO.C2H6O.2CH4/c1-3-23(4-2)22(26)21-19-15-9-5-7-11-17(15)24(13-14-25)20(19)16-10-6-8-12-18(16)27-21;1-3-15(4-2)14(17)13-9-11(16)10-7-5-6-8-12(10)18-13;1-9(14)11-12(7-8-13)10-5-3-2-4-6-10;1-7(11)9-10-8-5-3-2-4-6-8;9-10(6-7-11)8-4-2-1-3-5-8;3-1-2-4;1-2-3;;/h5-12,21,25H,3-4,13-14H2,1-2H3;5-8,13H,3-4,9H2,1-2H3;2-6,13H,7-8H2,1H3,(H,11,14);2-6,10H,1H3,(H,9,11);1-5,11H,6-7,9H2;4H,1-2H2;3H,2H2,1H3;2*1H4. The number of para-hydroxylation sites is 4. The Morgan fingerprint density at radius 1 is 0.589 bits per heavy atom. The largest absolute Gasteiger partial charge is 0.397 e. The molecule has 1 aromatic heterocycles. The van der Waals surface area contributed by atoms with E-state index in [0.717, 1.165) is 60.1 Å². The van der Waals surface area contributed by atoms with Crippen molar-refractivity contribution in [2.45, 2.75) is 96.6 Å². The maximum atomic E-state index is 13.4. The Labute approximate surface area is 550 Å². The van der Waals surface area contributed by atoms with Gasteiger partial charge in [0.25, 0.3) is 0 Å². The molecule has 0 radical (unpaired) electrons. The van der Waals surface area contributed by atoms with E-state index < -0.39 is 0 Å². The number of benzene rings is 6. The number of aliphatic hydroxyl groups excluding tert-OH is 5. The highest BCUT2D eigenvalue weighted by Crippen LogP contribution is 2.53. The third-order valence-corrected chi connectivity index (χ3v) is 15.7. The molecule has 9 rings (SSSR count). The van der Waals surface area contributed by atoms with Crippen LogP contribution in [0.15, 0.2) is 174 Å². The summed E-state index contributed by atoms with van der Waals surface area (Å²) in [6.45, 7) is 17.3. The van der Waals surface area contributed by atoms with Crippen LogP contribution in [-0.4, -0.2) is 152 Å². The molecule has 10 N–H and O–H groups in total. The third kappa shape index (κ3) is 25.9. The van der Waals surface area contributed by atoms with Crippen LogP contribution in [0.3, 0.4) is 0 Å². The number of nitrogens with one attached hydrogen (secondary N) is 3. The first-order chi connectivity index (χ1) is 42.6. The molecule has 0 aliphatic carbocycles. The molecule has 492 valence electrons. The van der Waals surface area contributed by atoms with Crippen molar-refractivity contribution in [3.63, 3.8) is 0 Å². The van der Waals surface area contributed by atoms with Gasteiger partial charge in [-0.15, -0.1) is 23.5 Å². The Kier molecular flexibility index (Phi) is 41.2. The minimum atomic E-state index is -0.264. The molecule has 90 heavy (non-hydrogen) atoms. The van der Waals surface area contributed by atoms with Gasteiger partial charge in [-0.25, -0.2) is 5.84 Å². The number of carbonyl (C=O) groups is 5. The van der Waals surface area contributed by atoms with E-state index in [1.54, 1.807) is 28.6 Å². The highest BCUT2D eigenvalue weighted by molar-refractivity contribution is 9.09. The molecule has 0 fully saturated rings. The first kappa shape index (κ1) is 80.8. The topological polar surface area (TPSA) is 266 Å². The maximum absolute atomic E-state index is 13.4. The highest BCUT2D eigenvalue weighted by atomic mass is 79.9. The van der Waals surface area contributed by atoms with Crippen molar-refractivity contribution in [3.05, 3.63) is 175 Å². The van der Waals surface area contributed by atoms with E-state index >= 15 is 0 Å². The SMILES string of the molecule is C.C.CC(=O)NN(CCO)c1ccccc1.CC(=O)NNc1ccccc1.CCN(CC)C(=O)C1CC(=O)c2ccccc2S1.CCN(CC)C(=O)C1Sc2ccccc2-c2c1c1ccccc1n2CCO.CCO.NN(CCO)c1ccccc1.OCCBr. The third-order valence-electron chi connectivity index (χ3n) is 12.8. The van der Waals surface area contributed by atoms with E-state index in [1.807, 2.05) is 172 Å². The first-order valence-electron chi connectivity index (χ1n) is 29.2. The van der Waals surface area contributed by atoms with Gasteiger partial charge in [0.2, 0.25) is 23.6 Å². The van der Waals surface area contributed by atoms with Crippen molar-refractivity contribution in [2.24, 2.45) is 5.84 Å². The first-order valence-corrected chi connectivity index (χ1v) is 32.0. The van der Waals surface area contributed by atoms with E-state index in [0.29, 0.717) is 57.6 Å². The van der Waals surface area contributed by atoms with Crippen LogP contribution in [0.5, 0.6) is 0 Å². The number of aromatic nitrogens is 1. The average Bonchev–Trinajstić information content (AvgIpc) is 1.56. The molecule has 0 bridgehead atoms. The van der Waals surface area contributed by atoms with E-state index in [4.69, 9.17) is 26.3 Å². The van der Waals surface area contributed by atoms with Gasteiger partial charge in [0.05, 0.1) is 67.5 Å². The summed E-state index contributed by atoms with van der Waals surface area (Å²) in [5.74, 6) is 5.64. The number of Topliss-reactive ketones (excluding diaryl/α,β-unsaturated/α-hetero) is 1. The number of ketones is 1. The van der Waals surface area contributed by atoms with E-state index in [2.05, 4.69) is 61.0 Å². The average molecular weight is 1340 g/mol. The van der Waals surface area contributed by atoms with Gasteiger partial charge in [0.15, 0.2) is 5.78 Å². The van der Waals surface area contributed by atoms with Crippen molar-refractivity contribution in [3.8, 4) is 11.3 Å². The number of aliphatic hydroxyl groups is 5. The number of thioether (sulfide) groups is 2. The zero-order chi connectivity index (χ0) is 64.8. The Morgan fingerprint density at radius 2 is 1.06 bits per heavy atom. The molecule has 19 nitrogen and oxygen atoms in total. The number of alkyl halides is 1. The van der Waals surface area contributed by atoms with Crippen molar-refractivity contribution in [2.75, 3.05) is 93.1 Å². The second-order valence-electron chi connectivity index (χ2n) is 18.9. The van der Waals surface area contributed by atoms with Gasteiger partial charge in [-0.1, -0.05) is 140 Å². The van der Waals surface area contributed by atoms with Crippen molar-refractivity contribution in [1.82, 2.24) is 25.2 Å². The predicted molar refractivity (Wildman–Crippen MR) is 375 cm³/mol. The number of halogens is 1. The summed E-state index contributed by atoms with van der Waals surface area (Å²) in [7, 11) is 0. The van der Waals surface area contributed by atoms with Crippen LogP contribution in [0, 0.1) is 0 Å². The summed E-state index contributed by atoms with van der Waals surface area (Å²) < 4.78 is 2.17. The molecule has 22 heteroatoms. The lowest BCUT2D eigenvalue weighted by atomic mass is 10.0. The van der Waals surface area contributed by atoms with Gasteiger partial charge >= 0.3 is 0 Å². The molecule has 2 unspecified atom stereocenters. The minimum absolute atomic E-state index is 0. The monoisotopic (exact) mass is 1340 g/mol. The molecular formula is C68H96BrN9O10S2. The smallest absolute Gasteiger partial charge is 0.240 e. The fraction of sp³-hybridized carbons (Fsp3) is 0.368. The van der Waals surface area contributed by atoms with Gasteiger partial charge in [-0.3, -0.25) is 45.3 Å². The number of nitrogens with two attached hydrogens (primary N) is 1. The van der Waals surface area contributed by atoms with Crippen molar-refractivity contribution < 1.29 is 49.5 Å². The van der Waals surface area contributed by atoms with Gasteiger partial charge in [0.1, 0.15) is 5.25 Å². The molecule has 0 spiro atoms. The fourth-order valence-electron chi connectivity index (χ4n) is 8.88. The molecule has 6 aromatic carbocycles. The second-order valence-corrected chi connectivity index (χ2v) is 22.1. The number of hydrogen-bond donors (Lipinski definition) is 9. The number of anilines is 3. The lowest BCUT2D eigenvalue weighted by Gasteiger charge is -2.29. The number of fused-ring (bicyclic) bond motifs is 6. The summed E-state index contributed by atoms with van der Waals surface area (Å²) in [6.07, 6.45) is 0.316. The van der Waals surface area contributed by atoms with E-state index in [1.165, 1.54) is 30.6 Å². The number of hydrogen-bond acceptors (Lipinski definition) is 16. The Morgan fingerprint density at radius 3 is 1.56 bits per heavy atom. The quantitative estimate of drug-likeness (QED) is 0.0220. The molecule has 4 amide bonds. The summed E-state index contributed by atoms with van der Waals surface area (Å²) >= 11 is 6.16. The Balaban J connectivity index is 0.000000567. The molecule has 2 aliphatic rings. The molecule has 0 saturated carbocycles. The van der Waals surface area contributed by atoms with Crippen molar-refractivity contribution >= 4 is 96.8 Å². The number of rotatable bonds is 18. The predicted octanol–water partition coefficient (Wildman–Crippen LogP) is 10.6. The minimum Gasteiger partial charge on any atom is -0.397 e.